The fourth-order valence-corrected chi connectivity index (χ4v) is 1.78. The molecule has 6 heteroatoms. The smallest absolute Gasteiger partial charge is 0.251 e. The first-order chi connectivity index (χ1) is 10.3. The van der Waals surface area contributed by atoms with Crippen molar-refractivity contribution in [1.29, 1.82) is 0 Å². The van der Waals surface area contributed by atoms with Crippen LogP contribution in [0.1, 0.15) is 37.0 Å². The fourth-order valence-electron chi connectivity index (χ4n) is 1.78. The summed E-state index contributed by atoms with van der Waals surface area (Å²) in [7, 11) is 0. The Morgan fingerprint density at radius 1 is 1.45 bits per heavy atom. The number of rotatable bonds is 5. The quantitative estimate of drug-likeness (QED) is 0.884. The van der Waals surface area contributed by atoms with Gasteiger partial charge in [0.25, 0.3) is 5.91 Å². The van der Waals surface area contributed by atoms with Crippen LogP contribution in [0, 0.1) is 12.8 Å². The van der Waals surface area contributed by atoms with Gasteiger partial charge in [-0.15, -0.1) is 0 Å². The molecule has 1 aromatic carbocycles. The van der Waals surface area contributed by atoms with Crippen molar-refractivity contribution in [2.45, 2.75) is 33.3 Å². The number of hydrogen-bond acceptors (Lipinski definition) is 5. The molecule has 0 saturated heterocycles. The number of nitrogens with zero attached hydrogens (tertiary/aromatic N) is 2. The first-order valence-electron chi connectivity index (χ1n) is 7.21. The molecule has 1 amide bonds. The second kappa shape index (κ2) is 6.27. The van der Waals surface area contributed by atoms with Crippen LogP contribution in [0.5, 0.6) is 0 Å². The SMILES string of the molecule is Cc1nc(-c2cccc(C(=O)NCC(C)(O)C(C)C)c2)no1. The van der Waals surface area contributed by atoms with Gasteiger partial charge in [0.1, 0.15) is 0 Å². The van der Waals surface area contributed by atoms with Gasteiger partial charge in [0, 0.05) is 24.6 Å². The molecule has 118 valence electrons. The maximum Gasteiger partial charge on any atom is 0.251 e. The van der Waals surface area contributed by atoms with Crippen molar-refractivity contribution in [3.63, 3.8) is 0 Å². The lowest BCUT2D eigenvalue weighted by molar-refractivity contribution is 0.0142. The van der Waals surface area contributed by atoms with E-state index in [0.717, 1.165) is 0 Å². The standard InChI is InChI=1S/C16H21N3O3/c1-10(2)16(4,21)9-17-15(20)13-7-5-6-12(8-13)14-18-11(3)22-19-14/h5-8,10,21H,9H2,1-4H3,(H,17,20). The summed E-state index contributed by atoms with van der Waals surface area (Å²) in [4.78, 5) is 16.4. The van der Waals surface area contributed by atoms with Crippen LogP contribution in [0.15, 0.2) is 28.8 Å². The lowest BCUT2D eigenvalue weighted by Gasteiger charge is -2.27. The van der Waals surface area contributed by atoms with Gasteiger partial charge < -0.3 is 14.9 Å². The van der Waals surface area contributed by atoms with E-state index in [1.54, 1.807) is 32.0 Å². The first-order valence-corrected chi connectivity index (χ1v) is 7.21. The van der Waals surface area contributed by atoms with Crippen molar-refractivity contribution in [3.8, 4) is 11.4 Å². The molecule has 2 rings (SSSR count). The van der Waals surface area contributed by atoms with Crippen LogP contribution in [-0.4, -0.2) is 33.3 Å². The minimum Gasteiger partial charge on any atom is -0.388 e. The van der Waals surface area contributed by atoms with Gasteiger partial charge in [-0.2, -0.15) is 4.98 Å². The van der Waals surface area contributed by atoms with Gasteiger partial charge in [0.05, 0.1) is 5.60 Å². The average molecular weight is 303 g/mol. The van der Waals surface area contributed by atoms with Gasteiger partial charge in [0.2, 0.25) is 11.7 Å². The summed E-state index contributed by atoms with van der Waals surface area (Å²) in [6.07, 6.45) is 0. The third kappa shape index (κ3) is 3.71. The Kier molecular flexibility index (Phi) is 4.61. The summed E-state index contributed by atoms with van der Waals surface area (Å²) in [6.45, 7) is 7.42. The number of aryl methyl sites for hydroxylation is 1. The normalized spacial score (nSPS) is 13.9. The summed E-state index contributed by atoms with van der Waals surface area (Å²) >= 11 is 0. The maximum atomic E-state index is 12.2. The Hall–Kier alpha value is -2.21. The van der Waals surface area contributed by atoms with Gasteiger partial charge in [-0.3, -0.25) is 4.79 Å². The third-order valence-electron chi connectivity index (χ3n) is 3.76. The first kappa shape index (κ1) is 16.2. The molecule has 0 spiro atoms. The lowest BCUT2D eigenvalue weighted by Crippen LogP contribution is -2.44. The van der Waals surface area contributed by atoms with Gasteiger partial charge in [-0.05, 0) is 25.0 Å². The zero-order valence-corrected chi connectivity index (χ0v) is 13.3. The Morgan fingerprint density at radius 2 is 2.18 bits per heavy atom. The van der Waals surface area contributed by atoms with Gasteiger partial charge in [0.15, 0.2) is 0 Å². The summed E-state index contributed by atoms with van der Waals surface area (Å²) in [5.41, 5.74) is 0.248. The number of amides is 1. The summed E-state index contributed by atoms with van der Waals surface area (Å²) in [6, 6.07) is 6.97. The Morgan fingerprint density at radius 3 is 2.77 bits per heavy atom. The van der Waals surface area contributed by atoms with Crippen LogP contribution in [0.3, 0.4) is 0 Å². The second-order valence-corrected chi connectivity index (χ2v) is 5.91. The molecular weight excluding hydrogens is 282 g/mol. The highest BCUT2D eigenvalue weighted by atomic mass is 16.5. The molecule has 0 aliphatic heterocycles. The molecule has 2 N–H and O–H groups in total. The molecule has 1 heterocycles. The predicted octanol–water partition coefficient (Wildman–Crippen LogP) is 2.18. The summed E-state index contributed by atoms with van der Waals surface area (Å²) in [5, 5.41) is 16.8. The molecule has 1 unspecified atom stereocenters. The Labute approximate surface area is 129 Å². The van der Waals surface area contributed by atoms with Crippen molar-refractivity contribution in [1.82, 2.24) is 15.5 Å². The van der Waals surface area contributed by atoms with E-state index in [1.165, 1.54) is 0 Å². The monoisotopic (exact) mass is 303 g/mol. The van der Waals surface area contributed by atoms with Crippen molar-refractivity contribution in [3.05, 3.63) is 35.7 Å². The van der Waals surface area contributed by atoms with E-state index in [4.69, 9.17) is 4.52 Å². The van der Waals surface area contributed by atoms with Crippen LogP contribution < -0.4 is 5.32 Å². The highest BCUT2D eigenvalue weighted by Crippen LogP contribution is 2.18. The number of aromatic nitrogens is 2. The van der Waals surface area contributed by atoms with Crippen molar-refractivity contribution < 1.29 is 14.4 Å². The van der Waals surface area contributed by atoms with Crippen LogP contribution in [0.25, 0.3) is 11.4 Å². The molecule has 0 fully saturated rings. The molecule has 22 heavy (non-hydrogen) atoms. The van der Waals surface area contributed by atoms with Crippen molar-refractivity contribution in [2.24, 2.45) is 5.92 Å². The Bertz CT molecular complexity index is 662. The summed E-state index contributed by atoms with van der Waals surface area (Å²) < 4.78 is 4.94. The molecule has 6 nitrogen and oxygen atoms in total. The third-order valence-corrected chi connectivity index (χ3v) is 3.76. The zero-order valence-electron chi connectivity index (χ0n) is 13.3. The minimum atomic E-state index is -0.946. The van der Waals surface area contributed by atoms with Crippen LogP contribution in [-0.2, 0) is 0 Å². The van der Waals surface area contributed by atoms with E-state index in [1.807, 2.05) is 19.9 Å². The number of aliphatic hydroxyl groups is 1. The Balaban J connectivity index is 2.11. The maximum absolute atomic E-state index is 12.2. The topological polar surface area (TPSA) is 88.2 Å². The van der Waals surface area contributed by atoms with Gasteiger partial charge >= 0.3 is 0 Å². The molecule has 0 radical (unpaired) electrons. The summed E-state index contributed by atoms with van der Waals surface area (Å²) in [5.74, 6) is 0.712. The molecule has 0 saturated carbocycles. The highest BCUT2D eigenvalue weighted by Gasteiger charge is 2.25. The molecule has 0 bridgehead atoms. The van der Waals surface area contributed by atoms with Crippen LogP contribution in [0.2, 0.25) is 0 Å². The second-order valence-electron chi connectivity index (χ2n) is 5.91. The molecule has 1 aromatic heterocycles. The number of carbonyl (C=O) groups excluding carboxylic acids is 1. The largest absolute Gasteiger partial charge is 0.388 e. The van der Waals surface area contributed by atoms with Gasteiger partial charge in [-0.1, -0.05) is 31.1 Å². The van der Waals surface area contributed by atoms with Crippen LogP contribution >= 0.6 is 0 Å². The number of benzene rings is 1. The van der Waals surface area contributed by atoms with Crippen molar-refractivity contribution >= 4 is 5.91 Å². The number of nitrogens with one attached hydrogen (secondary N) is 1. The minimum absolute atomic E-state index is 0.0430. The zero-order chi connectivity index (χ0) is 16.3. The molecule has 2 aromatic rings. The van der Waals surface area contributed by atoms with Gasteiger partial charge in [-0.25, -0.2) is 0 Å². The molecule has 1 atom stereocenters. The van der Waals surface area contributed by atoms with E-state index < -0.39 is 5.60 Å². The van der Waals surface area contributed by atoms with Crippen molar-refractivity contribution in [2.75, 3.05) is 6.54 Å². The van der Waals surface area contributed by atoms with E-state index >= 15 is 0 Å². The highest BCUT2D eigenvalue weighted by molar-refractivity contribution is 5.95. The van der Waals surface area contributed by atoms with E-state index in [2.05, 4.69) is 15.5 Å². The fraction of sp³-hybridized carbons (Fsp3) is 0.438. The number of hydrogen-bond donors (Lipinski definition) is 2. The number of carbonyl (C=O) groups is 1. The van der Waals surface area contributed by atoms with Crippen LogP contribution in [0.4, 0.5) is 0 Å². The van der Waals surface area contributed by atoms with E-state index in [-0.39, 0.29) is 18.4 Å². The molecule has 0 aliphatic rings. The van der Waals surface area contributed by atoms with E-state index in [9.17, 15) is 9.90 Å². The molecule has 0 aliphatic carbocycles. The molecular formula is C16H21N3O3. The average Bonchev–Trinajstić information content (AvgIpc) is 2.91. The van der Waals surface area contributed by atoms with E-state index in [0.29, 0.717) is 22.8 Å². The predicted molar refractivity (Wildman–Crippen MR) is 82.3 cm³/mol. The lowest BCUT2D eigenvalue weighted by atomic mass is 9.92.